The second kappa shape index (κ2) is 10.9. The molecule has 7 nitrogen and oxygen atoms in total. The maximum atomic E-state index is 11.5. The number of hydrogen-bond acceptors (Lipinski definition) is 5. The zero-order valence-electron chi connectivity index (χ0n) is 13.8. The molecule has 0 aromatic rings. The van der Waals surface area contributed by atoms with Crippen molar-refractivity contribution in [2.75, 3.05) is 6.54 Å². The Morgan fingerprint density at radius 3 is 2.14 bits per heavy atom. The molecule has 0 radical (unpaired) electrons. The smallest absolute Gasteiger partial charge is 0.410 e. The van der Waals surface area contributed by atoms with Gasteiger partial charge >= 0.3 is 18.0 Å². The SMILES string of the molecule is CCC(CC)CC[C@@H](CNC(=O)O[C@@H](C)OC(C)=O)C(=O)O. The summed E-state index contributed by atoms with van der Waals surface area (Å²) in [7, 11) is 0. The Balaban J connectivity index is 4.21. The normalized spacial score (nSPS) is 13.3. The van der Waals surface area contributed by atoms with Crippen LogP contribution in [0.4, 0.5) is 4.79 Å². The van der Waals surface area contributed by atoms with Gasteiger partial charge in [-0.05, 0) is 18.8 Å². The number of nitrogens with one attached hydrogen (secondary N) is 1. The Morgan fingerprint density at radius 1 is 1.09 bits per heavy atom. The van der Waals surface area contributed by atoms with Gasteiger partial charge in [0.1, 0.15) is 0 Å². The molecular weight excluding hydrogens is 290 g/mol. The number of amides is 1. The third-order valence-corrected chi connectivity index (χ3v) is 3.53. The fourth-order valence-electron chi connectivity index (χ4n) is 2.10. The summed E-state index contributed by atoms with van der Waals surface area (Å²) in [6.07, 6.45) is 1.52. The highest BCUT2D eigenvalue weighted by atomic mass is 16.7. The number of hydrogen-bond donors (Lipinski definition) is 2. The molecule has 0 aliphatic rings. The molecule has 22 heavy (non-hydrogen) atoms. The molecule has 0 aromatic heterocycles. The quantitative estimate of drug-likeness (QED) is 0.474. The number of esters is 1. The van der Waals surface area contributed by atoms with Crippen LogP contribution in [0.15, 0.2) is 0 Å². The summed E-state index contributed by atoms with van der Waals surface area (Å²) >= 11 is 0. The van der Waals surface area contributed by atoms with Gasteiger partial charge in [0.05, 0.1) is 5.92 Å². The molecule has 2 atom stereocenters. The first-order chi connectivity index (χ1) is 10.3. The highest BCUT2D eigenvalue weighted by molar-refractivity contribution is 5.72. The van der Waals surface area contributed by atoms with E-state index in [1.807, 2.05) is 0 Å². The van der Waals surface area contributed by atoms with Gasteiger partial charge in [-0.15, -0.1) is 0 Å². The Morgan fingerprint density at radius 2 is 1.68 bits per heavy atom. The third kappa shape index (κ3) is 9.20. The van der Waals surface area contributed by atoms with Crippen molar-refractivity contribution >= 4 is 18.0 Å². The molecule has 0 bridgehead atoms. The monoisotopic (exact) mass is 317 g/mol. The van der Waals surface area contributed by atoms with Crippen molar-refractivity contribution in [2.24, 2.45) is 11.8 Å². The minimum Gasteiger partial charge on any atom is -0.481 e. The lowest BCUT2D eigenvalue weighted by atomic mass is 9.92. The fraction of sp³-hybridized carbons (Fsp3) is 0.800. The van der Waals surface area contributed by atoms with Gasteiger partial charge in [0, 0.05) is 20.4 Å². The molecule has 0 heterocycles. The van der Waals surface area contributed by atoms with E-state index in [9.17, 15) is 19.5 Å². The van der Waals surface area contributed by atoms with Crippen LogP contribution in [-0.2, 0) is 19.1 Å². The molecule has 0 rings (SSSR count). The molecule has 0 fully saturated rings. The molecule has 0 aromatic carbocycles. The van der Waals surface area contributed by atoms with Crippen molar-refractivity contribution in [1.82, 2.24) is 5.32 Å². The second-order valence-corrected chi connectivity index (χ2v) is 5.26. The van der Waals surface area contributed by atoms with Crippen LogP contribution in [0.5, 0.6) is 0 Å². The van der Waals surface area contributed by atoms with E-state index in [4.69, 9.17) is 4.74 Å². The average Bonchev–Trinajstić information content (AvgIpc) is 2.41. The maximum Gasteiger partial charge on any atom is 0.410 e. The maximum absolute atomic E-state index is 11.5. The zero-order chi connectivity index (χ0) is 17.1. The molecule has 0 saturated carbocycles. The van der Waals surface area contributed by atoms with Gasteiger partial charge in [-0.2, -0.15) is 0 Å². The molecule has 0 aliphatic heterocycles. The van der Waals surface area contributed by atoms with E-state index < -0.39 is 30.2 Å². The second-order valence-electron chi connectivity index (χ2n) is 5.26. The predicted molar refractivity (Wildman–Crippen MR) is 80.1 cm³/mol. The standard InChI is InChI=1S/C15H27NO6/c1-5-12(6-2)7-8-13(14(18)19)9-16-15(20)22-11(4)21-10(3)17/h11-13H,5-9H2,1-4H3,(H,16,20)(H,18,19)/t11-,13-/m0/s1. The van der Waals surface area contributed by atoms with E-state index in [1.165, 1.54) is 13.8 Å². The molecule has 2 N–H and O–H groups in total. The van der Waals surface area contributed by atoms with Crippen molar-refractivity contribution in [2.45, 2.75) is 59.7 Å². The molecule has 0 saturated heterocycles. The van der Waals surface area contributed by atoms with Gasteiger partial charge in [-0.1, -0.05) is 26.7 Å². The predicted octanol–water partition coefficient (Wildman–Crippen LogP) is 2.54. The average molecular weight is 317 g/mol. The highest BCUT2D eigenvalue weighted by Gasteiger charge is 2.21. The van der Waals surface area contributed by atoms with Gasteiger partial charge in [0.25, 0.3) is 0 Å². The van der Waals surface area contributed by atoms with Gasteiger partial charge in [0.15, 0.2) is 0 Å². The van der Waals surface area contributed by atoms with Crippen molar-refractivity contribution in [3.8, 4) is 0 Å². The number of alkyl carbamates (subject to hydrolysis) is 1. The van der Waals surface area contributed by atoms with Gasteiger partial charge in [0.2, 0.25) is 6.29 Å². The van der Waals surface area contributed by atoms with Gasteiger partial charge < -0.3 is 19.9 Å². The van der Waals surface area contributed by atoms with Gasteiger partial charge in [-0.3, -0.25) is 9.59 Å². The molecular formula is C15H27NO6. The molecule has 0 spiro atoms. The molecule has 1 amide bonds. The summed E-state index contributed by atoms with van der Waals surface area (Å²) in [6, 6.07) is 0. The van der Waals surface area contributed by atoms with E-state index in [0.29, 0.717) is 12.3 Å². The largest absolute Gasteiger partial charge is 0.481 e. The first-order valence-corrected chi connectivity index (χ1v) is 7.64. The first kappa shape index (κ1) is 20.2. The van der Waals surface area contributed by atoms with Crippen LogP contribution in [0, 0.1) is 11.8 Å². The van der Waals surface area contributed by atoms with E-state index >= 15 is 0 Å². The van der Waals surface area contributed by atoms with Crippen LogP contribution >= 0.6 is 0 Å². The summed E-state index contributed by atoms with van der Waals surface area (Å²) in [4.78, 5) is 33.4. The number of carbonyl (C=O) groups excluding carboxylic acids is 2. The number of carbonyl (C=O) groups is 3. The Hall–Kier alpha value is -1.79. The Kier molecular flexibility index (Phi) is 9.98. The third-order valence-electron chi connectivity index (χ3n) is 3.53. The van der Waals surface area contributed by atoms with Crippen LogP contribution in [0.3, 0.4) is 0 Å². The lowest BCUT2D eigenvalue weighted by Crippen LogP contribution is -2.35. The van der Waals surface area contributed by atoms with Crippen LogP contribution < -0.4 is 5.32 Å². The summed E-state index contributed by atoms with van der Waals surface area (Å²) in [5.41, 5.74) is 0. The van der Waals surface area contributed by atoms with Crippen molar-refractivity contribution < 1.29 is 29.0 Å². The van der Waals surface area contributed by atoms with E-state index in [1.54, 1.807) is 0 Å². The molecule has 128 valence electrons. The Bertz CT molecular complexity index is 367. The van der Waals surface area contributed by atoms with E-state index in [0.717, 1.165) is 19.3 Å². The van der Waals surface area contributed by atoms with Crippen LogP contribution in [-0.4, -0.2) is 36.0 Å². The molecule has 0 unspecified atom stereocenters. The summed E-state index contributed by atoms with van der Waals surface area (Å²) < 4.78 is 9.42. The topological polar surface area (TPSA) is 102 Å². The fourth-order valence-corrected chi connectivity index (χ4v) is 2.10. The Labute approximate surface area is 131 Å². The number of rotatable bonds is 10. The lowest BCUT2D eigenvalue weighted by Gasteiger charge is -2.18. The van der Waals surface area contributed by atoms with Crippen molar-refractivity contribution in [3.05, 3.63) is 0 Å². The summed E-state index contributed by atoms with van der Waals surface area (Å²) in [6.45, 7) is 6.76. The van der Waals surface area contributed by atoms with Crippen LogP contribution in [0.1, 0.15) is 53.4 Å². The molecule has 7 heteroatoms. The van der Waals surface area contributed by atoms with E-state index in [-0.39, 0.29) is 6.54 Å². The molecule has 0 aliphatic carbocycles. The lowest BCUT2D eigenvalue weighted by molar-refractivity contribution is -0.162. The van der Waals surface area contributed by atoms with Gasteiger partial charge in [-0.25, -0.2) is 4.79 Å². The zero-order valence-corrected chi connectivity index (χ0v) is 13.8. The van der Waals surface area contributed by atoms with Crippen molar-refractivity contribution in [3.63, 3.8) is 0 Å². The van der Waals surface area contributed by atoms with Crippen molar-refractivity contribution in [1.29, 1.82) is 0 Å². The number of ether oxygens (including phenoxy) is 2. The summed E-state index contributed by atoms with van der Waals surface area (Å²) in [5, 5.41) is 11.6. The van der Waals surface area contributed by atoms with Crippen LogP contribution in [0.2, 0.25) is 0 Å². The number of aliphatic carboxylic acids is 1. The summed E-state index contributed by atoms with van der Waals surface area (Å²) in [5.74, 6) is -1.66. The number of carboxylic acid groups (broad SMARTS) is 1. The minimum absolute atomic E-state index is 0.0128. The highest BCUT2D eigenvalue weighted by Crippen LogP contribution is 2.18. The van der Waals surface area contributed by atoms with Crippen LogP contribution in [0.25, 0.3) is 0 Å². The first-order valence-electron chi connectivity index (χ1n) is 7.64. The van der Waals surface area contributed by atoms with E-state index in [2.05, 4.69) is 23.9 Å². The minimum atomic E-state index is -1.01. The number of carboxylic acids is 1.